The summed E-state index contributed by atoms with van der Waals surface area (Å²) >= 11 is 5.99. The Labute approximate surface area is 212 Å². The number of alkyl carbamates (subject to hydrolysis) is 1. The summed E-state index contributed by atoms with van der Waals surface area (Å²) in [4.78, 5) is 38.8. The fourth-order valence-electron chi connectivity index (χ4n) is 3.37. The van der Waals surface area contributed by atoms with Gasteiger partial charge in [-0.15, -0.1) is 0 Å². The summed E-state index contributed by atoms with van der Waals surface area (Å²) in [5.41, 5.74) is 0.829. The summed E-state index contributed by atoms with van der Waals surface area (Å²) in [5, 5.41) is 5.96. The maximum absolute atomic E-state index is 13.3. The molecule has 2 aromatic carbocycles. The lowest BCUT2D eigenvalue weighted by Crippen LogP contribution is -2.54. The highest BCUT2D eigenvalue weighted by molar-refractivity contribution is 6.30. The number of benzene rings is 2. The summed E-state index contributed by atoms with van der Waals surface area (Å²) < 4.78 is 10.9. The smallest absolute Gasteiger partial charge is 0.408 e. The highest BCUT2D eigenvalue weighted by Crippen LogP contribution is 2.23. The van der Waals surface area contributed by atoms with Crippen molar-refractivity contribution in [3.63, 3.8) is 0 Å². The molecule has 190 valence electrons. The van der Waals surface area contributed by atoms with Crippen LogP contribution >= 0.6 is 11.6 Å². The number of aryl methyl sites for hydroxylation is 1. The highest BCUT2D eigenvalue weighted by atomic mass is 35.5. The molecule has 0 spiro atoms. The Morgan fingerprint density at radius 2 is 1.63 bits per heavy atom. The molecular weight excluding hydrogens is 468 g/mol. The van der Waals surface area contributed by atoms with Crippen molar-refractivity contribution in [2.75, 3.05) is 0 Å². The van der Waals surface area contributed by atoms with Crippen molar-refractivity contribution in [2.24, 2.45) is 5.92 Å². The van der Waals surface area contributed by atoms with E-state index in [2.05, 4.69) is 10.6 Å². The third-order valence-corrected chi connectivity index (χ3v) is 5.18. The predicted octanol–water partition coefficient (Wildman–Crippen LogP) is 5.22. The van der Waals surface area contributed by atoms with Crippen LogP contribution < -0.4 is 15.4 Å². The molecule has 2 aromatic rings. The topological polar surface area (TPSA) is 93.7 Å². The Kier molecular flexibility index (Phi) is 10.1. The van der Waals surface area contributed by atoms with E-state index >= 15 is 0 Å². The molecular formula is C27H35ClN2O5. The molecule has 2 N–H and O–H groups in total. The first-order chi connectivity index (χ1) is 16.3. The first-order valence-electron chi connectivity index (χ1n) is 11.7. The lowest BCUT2D eigenvalue weighted by Gasteiger charge is -2.25. The van der Waals surface area contributed by atoms with Gasteiger partial charge >= 0.3 is 12.1 Å². The SMILES string of the molecule is Cc1cc(Cl)ccc1OC(=O)[C@H](CC(C)C)NC(=O)[C@H](Cc1ccccc1)NC(=O)OC(C)(C)C. The number of nitrogens with one attached hydrogen (secondary N) is 2. The molecule has 2 amide bonds. The molecule has 0 bridgehead atoms. The van der Waals surface area contributed by atoms with Crippen LogP contribution in [0.3, 0.4) is 0 Å². The minimum absolute atomic E-state index is 0.102. The van der Waals surface area contributed by atoms with E-state index in [1.54, 1.807) is 45.9 Å². The molecule has 8 heteroatoms. The predicted molar refractivity (Wildman–Crippen MR) is 137 cm³/mol. The number of amides is 2. The summed E-state index contributed by atoms with van der Waals surface area (Å²) in [5.74, 6) is -0.621. The normalized spacial score (nSPS) is 13.0. The maximum atomic E-state index is 13.3. The van der Waals surface area contributed by atoms with Gasteiger partial charge in [-0.2, -0.15) is 0 Å². The minimum atomic E-state index is -0.952. The average Bonchev–Trinajstić information content (AvgIpc) is 2.73. The van der Waals surface area contributed by atoms with Gasteiger partial charge in [0.05, 0.1) is 0 Å². The van der Waals surface area contributed by atoms with Crippen LogP contribution in [0.2, 0.25) is 5.02 Å². The van der Waals surface area contributed by atoms with Crippen LogP contribution in [0.5, 0.6) is 5.75 Å². The molecule has 0 saturated heterocycles. The summed E-state index contributed by atoms with van der Waals surface area (Å²) in [7, 11) is 0. The molecule has 0 heterocycles. The Hall–Kier alpha value is -3.06. The molecule has 0 fully saturated rings. The summed E-state index contributed by atoms with van der Waals surface area (Å²) in [6.45, 7) is 10.9. The van der Waals surface area contributed by atoms with Crippen molar-refractivity contribution in [1.29, 1.82) is 0 Å². The average molecular weight is 503 g/mol. The molecule has 0 aliphatic carbocycles. The molecule has 0 aromatic heterocycles. The summed E-state index contributed by atoms with van der Waals surface area (Å²) in [6.07, 6.45) is -0.124. The van der Waals surface area contributed by atoms with Gasteiger partial charge in [-0.25, -0.2) is 9.59 Å². The van der Waals surface area contributed by atoms with E-state index in [4.69, 9.17) is 21.1 Å². The van der Waals surface area contributed by atoms with Gasteiger partial charge in [0.1, 0.15) is 23.4 Å². The molecule has 0 saturated carbocycles. The zero-order chi connectivity index (χ0) is 26.2. The van der Waals surface area contributed by atoms with Gasteiger partial charge in [0.15, 0.2) is 0 Å². The van der Waals surface area contributed by atoms with E-state index in [0.717, 1.165) is 5.56 Å². The molecule has 0 aliphatic heterocycles. The number of ether oxygens (including phenoxy) is 2. The highest BCUT2D eigenvalue weighted by Gasteiger charge is 2.30. The first-order valence-corrected chi connectivity index (χ1v) is 12.0. The standard InChI is InChI=1S/C27H35ClN2O5/c1-17(2)14-22(25(32)34-23-13-12-20(28)15-18(23)3)29-24(31)21(16-19-10-8-7-9-11-19)30-26(33)35-27(4,5)6/h7-13,15,17,21-22H,14,16H2,1-6H3,(H,29,31)(H,30,33)/t21-,22-/m0/s1. The van der Waals surface area contributed by atoms with E-state index in [9.17, 15) is 14.4 Å². The van der Waals surface area contributed by atoms with E-state index in [-0.39, 0.29) is 12.3 Å². The first kappa shape index (κ1) is 28.2. The molecule has 2 rings (SSSR count). The lowest BCUT2D eigenvalue weighted by molar-refractivity contribution is -0.140. The monoisotopic (exact) mass is 502 g/mol. The molecule has 7 nitrogen and oxygen atoms in total. The van der Waals surface area contributed by atoms with Crippen molar-refractivity contribution in [1.82, 2.24) is 10.6 Å². The van der Waals surface area contributed by atoms with Crippen molar-refractivity contribution in [2.45, 2.75) is 72.1 Å². The van der Waals surface area contributed by atoms with Gasteiger partial charge < -0.3 is 20.1 Å². The Morgan fingerprint density at radius 3 is 2.20 bits per heavy atom. The van der Waals surface area contributed by atoms with E-state index in [0.29, 0.717) is 22.8 Å². The maximum Gasteiger partial charge on any atom is 0.408 e. The van der Waals surface area contributed by atoms with Crippen molar-refractivity contribution in [3.05, 3.63) is 64.7 Å². The quantitative estimate of drug-likeness (QED) is 0.362. The second-order valence-corrected chi connectivity index (χ2v) is 10.3. The number of esters is 1. The number of hydrogen-bond acceptors (Lipinski definition) is 5. The van der Waals surface area contributed by atoms with E-state index in [1.165, 1.54) is 0 Å². The fourth-order valence-corrected chi connectivity index (χ4v) is 3.60. The van der Waals surface area contributed by atoms with Crippen molar-refractivity contribution >= 4 is 29.6 Å². The van der Waals surface area contributed by atoms with Crippen molar-refractivity contribution in [3.8, 4) is 5.75 Å². The Morgan fingerprint density at radius 1 is 0.971 bits per heavy atom. The fraction of sp³-hybridized carbons (Fsp3) is 0.444. The summed E-state index contributed by atoms with van der Waals surface area (Å²) in [6, 6.07) is 12.4. The minimum Gasteiger partial charge on any atom is -0.444 e. The van der Waals surface area contributed by atoms with Crippen LogP contribution in [0.25, 0.3) is 0 Å². The number of carbonyl (C=O) groups is 3. The van der Waals surface area contributed by atoms with Gasteiger partial charge in [-0.05, 0) is 69.4 Å². The number of rotatable bonds is 9. The van der Waals surface area contributed by atoms with Gasteiger partial charge in [0, 0.05) is 11.4 Å². The largest absolute Gasteiger partial charge is 0.444 e. The Balaban J connectivity index is 2.21. The second-order valence-electron chi connectivity index (χ2n) is 9.91. The van der Waals surface area contributed by atoms with Crippen LogP contribution in [-0.2, 0) is 20.7 Å². The zero-order valence-corrected chi connectivity index (χ0v) is 21.9. The van der Waals surface area contributed by atoms with Crippen LogP contribution in [-0.4, -0.2) is 35.7 Å². The van der Waals surface area contributed by atoms with E-state index in [1.807, 2.05) is 44.2 Å². The van der Waals surface area contributed by atoms with Crippen LogP contribution in [0.1, 0.15) is 52.2 Å². The molecule has 35 heavy (non-hydrogen) atoms. The van der Waals surface area contributed by atoms with Crippen molar-refractivity contribution < 1.29 is 23.9 Å². The van der Waals surface area contributed by atoms with Gasteiger partial charge in [0.25, 0.3) is 0 Å². The third kappa shape index (κ3) is 9.99. The molecule has 0 radical (unpaired) electrons. The van der Waals surface area contributed by atoms with Gasteiger partial charge in [0.2, 0.25) is 5.91 Å². The zero-order valence-electron chi connectivity index (χ0n) is 21.2. The molecule has 0 aliphatic rings. The third-order valence-electron chi connectivity index (χ3n) is 4.95. The molecule has 0 unspecified atom stereocenters. The number of halogens is 1. The van der Waals surface area contributed by atoms with Gasteiger partial charge in [-0.3, -0.25) is 4.79 Å². The number of hydrogen-bond donors (Lipinski definition) is 2. The van der Waals surface area contributed by atoms with Crippen LogP contribution in [0.4, 0.5) is 4.79 Å². The van der Waals surface area contributed by atoms with E-state index < -0.39 is 35.7 Å². The van der Waals surface area contributed by atoms with Gasteiger partial charge in [-0.1, -0.05) is 55.8 Å². The van der Waals surface area contributed by atoms with Crippen LogP contribution in [0.15, 0.2) is 48.5 Å². The Bertz CT molecular complexity index is 1020. The van der Waals surface area contributed by atoms with Crippen LogP contribution in [0, 0.1) is 12.8 Å². The lowest BCUT2D eigenvalue weighted by atomic mass is 10.0. The molecule has 2 atom stereocenters. The number of carbonyl (C=O) groups excluding carboxylic acids is 3. The second kappa shape index (κ2) is 12.6.